The summed E-state index contributed by atoms with van der Waals surface area (Å²) >= 11 is 0. The second-order valence-electron chi connectivity index (χ2n) is 7.24. The maximum atomic E-state index is 12.2. The number of benzene rings is 1. The number of nitrogens with one attached hydrogen (secondary N) is 1. The summed E-state index contributed by atoms with van der Waals surface area (Å²) < 4.78 is 10.6. The number of nitrogens with two attached hydrogens (primary N) is 1. The summed E-state index contributed by atoms with van der Waals surface area (Å²) in [5.41, 5.74) is 6.23. The molecule has 26 heavy (non-hydrogen) atoms. The van der Waals surface area contributed by atoms with Gasteiger partial charge in [0.15, 0.2) is 5.96 Å². The number of methoxy groups -OCH3 is 1. The fourth-order valence-electron chi connectivity index (χ4n) is 2.18. The monoisotopic (exact) mass is 364 g/mol. The van der Waals surface area contributed by atoms with E-state index in [1.807, 2.05) is 58.9 Å². The van der Waals surface area contributed by atoms with E-state index in [0.29, 0.717) is 25.5 Å². The lowest BCUT2D eigenvalue weighted by molar-refractivity contribution is 0.0190. The molecular formula is C19H32N4O3. The molecule has 0 aliphatic carbocycles. The lowest BCUT2D eigenvalue weighted by atomic mass is 10.2. The molecule has 0 saturated heterocycles. The third-order valence-corrected chi connectivity index (χ3v) is 3.45. The number of carbonyl (C=O) groups excluding carboxylic acids is 1. The summed E-state index contributed by atoms with van der Waals surface area (Å²) in [5.74, 6) is 1.12. The number of carbonyl (C=O) groups is 1. The van der Waals surface area contributed by atoms with Gasteiger partial charge in [0.25, 0.3) is 0 Å². The van der Waals surface area contributed by atoms with Gasteiger partial charge in [-0.05, 0) is 65.3 Å². The lowest BCUT2D eigenvalue weighted by Crippen LogP contribution is -2.41. The van der Waals surface area contributed by atoms with Gasteiger partial charge in [-0.2, -0.15) is 0 Å². The van der Waals surface area contributed by atoms with Crippen molar-refractivity contribution in [2.75, 3.05) is 25.5 Å². The van der Waals surface area contributed by atoms with Crippen molar-refractivity contribution >= 4 is 17.7 Å². The molecule has 0 radical (unpaired) electrons. The third-order valence-electron chi connectivity index (χ3n) is 3.45. The molecule has 146 valence electrons. The van der Waals surface area contributed by atoms with Crippen LogP contribution in [-0.4, -0.2) is 48.8 Å². The molecule has 0 aromatic heterocycles. The normalized spacial score (nSPS) is 12.0. The zero-order chi connectivity index (χ0) is 19.7. The maximum Gasteiger partial charge on any atom is 0.410 e. The van der Waals surface area contributed by atoms with Crippen LogP contribution >= 0.6 is 0 Å². The fourth-order valence-corrected chi connectivity index (χ4v) is 2.18. The van der Waals surface area contributed by atoms with Crippen molar-refractivity contribution in [1.82, 2.24) is 4.90 Å². The van der Waals surface area contributed by atoms with Crippen LogP contribution in [0.25, 0.3) is 0 Å². The molecule has 1 aromatic carbocycles. The number of rotatable bonds is 7. The highest BCUT2D eigenvalue weighted by Gasteiger charge is 2.23. The van der Waals surface area contributed by atoms with Crippen molar-refractivity contribution in [2.45, 2.75) is 52.7 Å². The van der Waals surface area contributed by atoms with E-state index in [2.05, 4.69) is 10.3 Å². The van der Waals surface area contributed by atoms with Crippen LogP contribution in [0.2, 0.25) is 0 Å². The average Bonchev–Trinajstić information content (AvgIpc) is 2.53. The number of guanidine groups is 1. The zero-order valence-electron chi connectivity index (χ0n) is 16.7. The number of hydrogen-bond acceptors (Lipinski definition) is 4. The number of amides is 1. The largest absolute Gasteiger partial charge is 0.497 e. The van der Waals surface area contributed by atoms with E-state index in [0.717, 1.165) is 11.4 Å². The van der Waals surface area contributed by atoms with Crippen LogP contribution < -0.4 is 15.8 Å². The van der Waals surface area contributed by atoms with Gasteiger partial charge < -0.3 is 25.4 Å². The summed E-state index contributed by atoms with van der Waals surface area (Å²) in [5, 5.41) is 3.02. The van der Waals surface area contributed by atoms with Gasteiger partial charge in [-0.15, -0.1) is 0 Å². The molecule has 0 saturated carbocycles. The van der Waals surface area contributed by atoms with E-state index >= 15 is 0 Å². The second kappa shape index (κ2) is 9.89. The van der Waals surface area contributed by atoms with E-state index in [1.165, 1.54) is 0 Å². The molecule has 0 aliphatic heterocycles. The van der Waals surface area contributed by atoms with Gasteiger partial charge in [-0.1, -0.05) is 0 Å². The van der Waals surface area contributed by atoms with Gasteiger partial charge in [0, 0.05) is 24.8 Å². The Labute approximate surface area is 156 Å². The quantitative estimate of drug-likeness (QED) is 0.439. The molecular weight excluding hydrogens is 332 g/mol. The molecule has 0 fully saturated rings. The minimum absolute atomic E-state index is 0.0589. The Kier molecular flexibility index (Phi) is 8.22. The van der Waals surface area contributed by atoms with Gasteiger partial charge in [-0.25, -0.2) is 4.79 Å². The third kappa shape index (κ3) is 8.09. The van der Waals surface area contributed by atoms with Gasteiger partial charge in [0.2, 0.25) is 0 Å². The summed E-state index contributed by atoms with van der Waals surface area (Å²) in [6, 6.07) is 7.48. The van der Waals surface area contributed by atoms with E-state index in [-0.39, 0.29) is 12.1 Å². The van der Waals surface area contributed by atoms with Gasteiger partial charge in [0.1, 0.15) is 11.4 Å². The Balaban J connectivity index is 2.47. The topological polar surface area (TPSA) is 89.2 Å². The van der Waals surface area contributed by atoms with Gasteiger partial charge in [-0.3, -0.25) is 4.99 Å². The Morgan fingerprint density at radius 3 is 2.38 bits per heavy atom. The first-order valence-electron chi connectivity index (χ1n) is 8.83. The molecule has 0 bridgehead atoms. The minimum atomic E-state index is -0.505. The van der Waals surface area contributed by atoms with E-state index in [1.54, 1.807) is 12.0 Å². The van der Waals surface area contributed by atoms with Crippen LogP contribution in [0.15, 0.2) is 29.3 Å². The number of ether oxygens (including phenoxy) is 2. The maximum absolute atomic E-state index is 12.2. The smallest absolute Gasteiger partial charge is 0.410 e. The Morgan fingerprint density at radius 2 is 1.88 bits per heavy atom. The van der Waals surface area contributed by atoms with Crippen LogP contribution in [0, 0.1) is 0 Å². The minimum Gasteiger partial charge on any atom is -0.497 e. The van der Waals surface area contributed by atoms with Crippen LogP contribution in [0.4, 0.5) is 10.5 Å². The highest BCUT2D eigenvalue weighted by molar-refractivity contribution is 5.92. The molecule has 1 amide bonds. The first-order chi connectivity index (χ1) is 12.1. The van der Waals surface area contributed by atoms with E-state index in [9.17, 15) is 4.79 Å². The molecule has 0 spiro atoms. The summed E-state index contributed by atoms with van der Waals surface area (Å²) in [7, 11) is 1.62. The molecule has 7 nitrogen and oxygen atoms in total. The average molecular weight is 364 g/mol. The SMILES string of the molecule is COc1ccc(NC(N)=NCCCN(C(=O)OC(C)(C)C)C(C)C)cc1. The van der Waals surface area contributed by atoms with Crippen molar-refractivity contribution in [3.05, 3.63) is 24.3 Å². The van der Waals surface area contributed by atoms with Gasteiger partial charge >= 0.3 is 6.09 Å². The lowest BCUT2D eigenvalue weighted by Gasteiger charge is -2.30. The molecule has 1 rings (SSSR count). The molecule has 0 atom stereocenters. The fraction of sp³-hybridized carbons (Fsp3) is 0.579. The second-order valence-corrected chi connectivity index (χ2v) is 7.24. The van der Waals surface area contributed by atoms with Crippen molar-refractivity contribution in [1.29, 1.82) is 0 Å². The van der Waals surface area contributed by atoms with Gasteiger partial charge in [0.05, 0.1) is 7.11 Å². The van der Waals surface area contributed by atoms with E-state index < -0.39 is 5.60 Å². The molecule has 3 N–H and O–H groups in total. The molecule has 0 heterocycles. The Morgan fingerprint density at radius 1 is 1.27 bits per heavy atom. The Hall–Kier alpha value is -2.44. The van der Waals surface area contributed by atoms with Crippen molar-refractivity contribution in [2.24, 2.45) is 10.7 Å². The summed E-state index contributed by atoms with van der Waals surface area (Å²) in [6.45, 7) is 10.6. The molecule has 0 unspecified atom stereocenters. The van der Waals surface area contributed by atoms with Crippen LogP contribution in [0.5, 0.6) is 5.75 Å². The first kappa shape index (κ1) is 21.6. The van der Waals surface area contributed by atoms with Crippen molar-refractivity contribution in [3.8, 4) is 5.75 Å². The Bertz CT molecular complexity index is 592. The van der Waals surface area contributed by atoms with Crippen LogP contribution in [0.3, 0.4) is 0 Å². The van der Waals surface area contributed by atoms with Crippen molar-refractivity contribution < 1.29 is 14.3 Å². The van der Waals surface area contributed by atoms with Crippen molar-refractivity contribution in [3.63, 3.8) is 0 Å². The van der Waals surface area contributed by atoms with E-state index in [4.69, 9.17) is 15.2 Å². The zero-order valence-corrected chi connectivity index (χ0v) is 16.7. The number of aliphatic imine (C=N–C) groups is 1. The first-order valence-corrected chi connectivity index (χ1v) is 8.83. The van der Waals surface area contributed by atoms with Crippen LogP contribution in [0.1, 0.15) is 41.0 Å². The highest BCUT2D eigenvalue weighted by Crippen LogP contribution is 2.15. The predicted octanol–water partition coefficient (Wildman–Crippen LogP) is 3.46. The predicted molar refractivity (Wildman–Crippen MR) is 106 cm³/mol. The number of anilines is 1. The standard InChI is InChI=1S/C19H32N4O3/c1-14(2)23(18(24)26-19(3,4)5)13-7-12-21-17(20)22-15-8-10-16(25-6)11-9-15/h8-11,14H,7,12-13H2,1-6H3,(H3,20,21,22). The highest BCUT2D eigenvalue weighted by atomic mass is 16.6. The molecule has 0 aliphatic rings. The summed E-state index contributed by atoms with van der Waals surface area (Å²) in [4.78, 5) is 18.2. The number of hydrogen-bond donors (Lipinski definition) is 2. The summed E-state index contributed by atoms with van der Waals surface area (Å²) in [6.07, 6.45) is 0.392. The molecule has 1 aromatic rings. The molecule has 7 heteroatoms. The van der Waals surface area contributed by atoms with Crippen LogP contribution in [-0.2, 0) is 4.74 Å². The number of nitrogens with zero attached hydrogens (tertiary/aromatic N) is 2.